The van der Waals surface area contributed by atoms with Gasteiger partial charge in [-0.15, -0.1) is 0 Å². The number of hydrogen-bond acceptors (Lipinski definition) is 10. The number of nitrogens with one attached hydrogen (secondary N) is 2. The predicted molar refractivity (Wildman–Crippen MR) is 176 cm³/mol. The topological polar surface area (TPSA) is 104 Å². The van der Waals surface area contributed by atoms with Crippen molar-refractivity contribution in [2.75, 3.05) is 60.5 Å². The van der Waals surface area contributed by atoms with E-state index in [4.69, 9.17) is 14.3 Å². The number of hydroxylamine groups is 1. The molecule has 11 nitrogen and oxygen atoms in total. The van der Waals surface area contributed by atoms with Crippen molar-refractivity contribution in [3.63, 3.8) is 0 Å². The number of rotatable bonds is 9. The van der Waals surface area contributed by atoms with E-state index in [-0.39, 0.29) is 24.2 Å². The first-order valence-electron chi connectivity index (χ1n) is 16.0. The second-order valence-corrected chi connectivity index (χ2v) is 12.2. The lowest BCUT2D eigenvalue weighted by molar-refractivity contribution is -0.111. The summed E-state index contributed by atoms with van der Waals surface area (Å²) >= 11 is 0. The van der Waals surface area contributed by atoms with Crippen LogP contribution in [0.25, 0.3) is 0 Å². The highest BCUT2D eigenvalue weighted by Gasteiger charge is 2.32. The van der Waals surface area contributed by atoms with Crippen molar-refractivity contribution >= 4 is 34.6 Å². The lowest BCUT2D eigenvalue weighted by Crippen LogP contribution is -2.53. The van der Waals surface area contributed by atoms with Gasteiger partial charge in [-0.25, -0.2) is 23.8 Å². The zero-order valence-electron chi connectivity index (χ0n) is 26.9. The summed E-state index contributed by atoms with van der Waals surface area (Å²) in [7, 11) is 1.59. The fraction of sp³-hybridized carbons (Fsp3) is 0.441. The van der Waals surface area contributed by atoms with Gasteiger partial charge in [-0.05, 0) is 56.5 Å². The van der Waals surface area contributed by atoms with Gasteiger partial charge in [-0.2, -0.15) is 0 Å². The average molecular weight is 650 g/mol. The van der Waals surface area contributed by atoms with Crippen LogP contribution in [-0.4, -0.2) is 78.9 Å². The zero-order valence-corrected chi connectivity index (χ0v) is 26.9. The summed E-state index contributed by atoms with van der Waals surface area (Å²) < 4.78 is 39.4. The van der Waals surface area contributed by atoms with Crippen LogP contribution in [0, 0.1) is 11.6 Å². The van der Waals surface area contributed by atoms with Gasteiger partial charge in [0.15, 0.2) is 17.5 Å². The quantitative estimate of drug-likeness (QED) is 0.285. The number of piperidine rings is 1. The van der Waals surface area contributed by atoms with Crippen molar-refractivity contribution in [3.8, 4) is 5.75 Å². The molecule has 0 spiro atoms. The van der Waals surface area contributed by atoms with Crippen molar-refractivity contribution in [2.24, 2.45) is 0 Å². The molecule has 4 heterocycles. The van der Waals surface area contributed by atoms with Gasteiger partial charge in [-0.3, -0.25) is 14.5 Å². The number of halogens is 2. The molecule has 0 aliphatic carbocycles. The van der Waals surface area contributed by atoms with E-state index in [9.17, 15) is 13.6 Å². The largest absolute Gasteiger partial charge is 0.494 e. The molecule has 3 aromatic rings. The molecule has 3 saturated heterocycles. The Morgan fingerprint density at radius 1 is 1.02 bits per heavy atom. The number of aromatic nitrogens is 2. The predicted octanol–water partition coefficient (Wildman–Crippen LogP) is 5.59. The number of hydrogen-bond donors (Lipinski definition) is 2. The van der Waals surface area contributed by atoms with E-state index in [2.05, 4.69) is 50.8 Å². The zero-order chi connectivity index (χ0) is 33.1. The molecule has 3 fully saturated rings. The van der Waals surface area contributed by atoms with E-state index in [0.29, 0.717) is 53.4 Å². The van der Waals surface area contributed by atoms with Crippen molar-refractivity contribution in [2.45, 2.75) is 57.4 Å². The molecule has 0 bridgehead atoms. The Labute approximate surface area is 273 Å². The molecule has 0 radical (unpaired) electrons. The average Bonchev–Trinajstić information content (AvgIpc) is 3.56. The molecule has 47 heavy (non-hydrogen) atoms. The smallest absolute Gasteiger partial charge is 0.247 e. The summed E-state index contributed by atoms with van der Waals surface area (Å²) in [5.74, 6) is -0.703. The Kier molecular flexibility index (Phi) is 9.85. The van der Waals surface area contributed by atoms with Crippen LogP contribution in [0.3, 0.4) is 0 Å². The third-order valence-electron chi connectivity index (χ3n) is 8.90. The number of anilines is 5. The lowest BCUT2D eigenvalue weighted by Gasteiger charge is -2.44. The van der Waals surface area contributed by atoms with Gasteiger partial charge in [0.2, 0.25) is 5.91 Å². The third kappa shape index (κ3) is 7.32. The van der Waals surface area contributed by atoms with E-state index in [0.717, 1.165) is 50.8 Å². The van der Waals surface area contributed by atoms with Crippen LogP contribution in [0.2, 0.25) is 0 Å². The minimum absolute atomic E-state index is 0.219. The van der Waals surface area contributed by atoms with Crippen LogP contribution in [0.5, 0.6) is 5.75 Å². The molecule has 3 aliphatic rings. The number of amides is 1. The van der Waals surface area contributed by atoms with E-state index >= 15 is 0 Å². The van der Waals surface area contributed by atoms with Crippen LogP contribution < -0.4 is 25.3 Å². The molecule has 3 aliphatic heterocycles. The molecule has 1 aromatic heterocycles. The number of nitrogens with zero attached hydrogens (tertiary/aromatic N) is 5. The van der Waals surface area contributed by atoms with E-state index < -0.39 is 11.6 Å². The van der Waals surface area contributed by atoms with Crippen molar-refractivity contribution in [3.05, 3.63) is 72.6 Å². The Morgan fingerprint density at radius 3 is 2.49 bits per heavy atom. The van der Waals surface area contributed by atoms with Gasteiger partial charge in [0.25, 0.3) is 0 Å². The third-order valence-corrected chi connectivity index (χ3v) is 8.90. The fourth-order valence-corrected chi connectivity index (χ4v) is 6.76. The van der Waals surface area contributed by atoms with Gasteiger partial charge in [0.05, 0.1) is 49.0 Å². The number of ether oxygens (including phenoxy) is 2. The Balaban J connectivity index is 1.22. The summed E-state index contributed by atoms with van der Waals surface area (Å²) in [6.45, 7) is 11.8. The second-order valence-electron chi connectivity index (χ2n) is 12.2. The molecule has 6 rings (SSSR count). The first-order valence-corrected chi connectivity index (χ1v) is 16.0. The number of morpholine rings is 1. The summed E-state index contributed by atoms with van der Waals surface area (Å²) in [5.41, 5.74) is 2.62. The summed E-state index contributed by atoms with van der Waals surface area (Å²) in [6.07, 6.45) is 5.62. The standard InChI is InChI=1S/C34H41F2N7O4/c1-5-34(44)40-27-15-28(31(45-4)16-30(27)41-11-8-24(9-12-41)42-18-21(2)47-22(3)19-42)39-32-17-33(38-20-37-32)43-29(10-13-46-43)23-6-7-25(35)26(36)14-23/h5-7,14-17,20-22,24,29H,1,8-13,18-19H2,2-4H3,(H,40,44)(H,37,38,39)/t21-,22+,29-/m1/s1. The minimum Gasteiger partial charge on any atom is -0.494 e. The minimum atomic E-state index is -0.917. The number of carbonyl (C=O) groups is 1. The maximum atomic E-state index is 14.0. The van der Waals surface area contributed by atoms with Crippen molar-refractivity contribution in [1.82, 2.24) is 14.9 Å². The Bertz CT molecular complexity index is 1590. The highest BCUT2D eigenvalue weighted by Crippen LogP contribution is 2.41. The van der Waals surface area contributed by atoms with Crippen LogP contribution in [0.4, 0.5) is 37.5 Å². The molecule has 3 atom stereocenters. The first-order chi connectivity index (χ1) is 22.7. The summed E-state index contributed by atoms with van der Waals surface area (Å²) in [6, 6.07) is 9.40. The molecule has 2 N–H and O–H groups in total. The molecular weight excluding hydrogens is 608 g/mol. The van der Waals surface area contributed by atoms with Gasteiger partial charge < -0.3 is 25.0 Å². The van der Waals surface area contributed by atoms with Crippen LogP contribution in [0.1, 0.15) is 44.7 Å². The van der Waals surface area contributed by atoms with Gasteiger partial charge in [0, 0.05) is 50.8 Å². The van der Waals surface area contributed by atoms with Gasteiger partial charge in [0.1, 0.15) is 17.9 Å². The maximum Gasteiger partial charge on any atom is 0.247 e. The number of carbonyl (C=O) groups excluding carboxylic acids is 1. The van der Waals surface area contributed by atoms with Crippen LogP contribution >= 0.6 is 0 Å². The van der Waals surface area contributed by atoms with Crippen LogP contribution in [0.15, 0.2) is 55.4 Å². The molecule has 1 amide bonds. The monoisotopic (exact) mass is 649 g/mol. The van der Waals surface area contributed by atoms with Crippen molar-refractivity contribution < 1.29 is 27.9 Å². The first kappa shape index (κ1) is 32.6. The van der Waals surface area contributed by atoms with Crippen LogP contribution in [-0.2, 0) is 14.4 Å². The Morgan fingerprint density at radius 2 is 1.79 bits per heavy atom. The summed E-state index contributed by atoms with van der Waals surface area (Å²) in [4.78, 5) is 32.0. The van der Waals surface area contributed by atoms with Gasteiger partial charge in [-0.1, -0.05) is 12.6 Å². The molecule has 13 heteroatoms. The SMILES string of the molecule is C=CC(=O)Nc1cc(Nc2cc(N3OCC[C@@H]3c3ccc(F)c(F)c3)ncn2)c(OC)cc1N1CCC(N2C[C@@H](C)O[C@@H](C)C2)CC1. The highest BCUT2D eigenvalue weighted by atomic mass is 19.2. The number of methoxy groups -OCH3 is 1. The van der Waals surface area contributed by atoms with Crippen molar-refractivity contribution in [1.29, 1.82) is 0 Å². The van der Waals surface area contributed by atoms with E-state index in [1.807, 2.05) is 12.1 Å². The second kappa shape index (κ2) is 14.2. The summed E-state index contributed by atoms with van der Waals surface area (Å²) in [5, 5.41) is 7.85. The number of benzene rings is 2. The normalized spacial score (nSPS) is 22.3. The molecule has 2 aromatic carbocycles. The molecule has 0 unspecified atom stereocenters. The Hall–Kier alpha value is -4.33. The van der Waals surface area contributed by atoms with Gasteiger partial charge >= 0.3 is 0 Å². The molecule has 250 valence electrons. The molecular formula is C34H41F2N7O4. The van der Waals surface area contributed by atoms with E-state index in [1.54, 1.807) is 24.3 Å². The molecule has 0 saturated carbocycles. The highest BCUT2D eigenvalue weighted by molar-refractivity contribution is 6.02. The lowest BCUT2D eigenvalue weighted by atomic mass is 10.00. The van der Waals surface area contributed by atoms with E-state index in [1.165, 1.54) is 18.5 Å². The fourth-order valence-electron chi connectivity index (χ4n) is 6.76. The maximum absolute atomic E-state index is 14.0.